The van der Waals surface area contributed by atoms with Crippen LogP contribution in [0.15, 0.2) is 0 Å². The van der Waals surface area contributed by atoms with Gasteiger partial charge in [0.2, 0.25) is 0 Å². The molecule has 0 bridgehead atoms. The molecule has 0 aromatic carbocycles. The molecule has 146 valence electrons. The first-order chi connectivity index (χ1) is 10.3. The second kappa shape index (κ2) is 35.2. The van der Waals surface area contributed by atoms with Crippen LogP contribution in [0.3, 0.4) is 0 Å². The molecule has 0 spiro atoms. The number of hydrogen-bond donors (Lipinski definition) is 0. The van der Waals surface area contributed by atoms with Crippen LogP contribution in [0.2, 0.25) is 0 Å². The van der Waals surface area contributed by atoms with Crippen molar-refractivity contribution in [1.29, 1.82) is 0 Å². The van der Waals surface area contributed by atoms with E-state index in [0.29, 0.717) is 0 Å². The Morgan fingerprint density at radius 2 is 0.808 bits per heavy atom. The van der Waals surface area contributed by atoms with Gasteiger partial charge in [-0.2, -0.15) is 51.8 Å². The van der Waals surface area contributed by atoms with E-state index in [1.165, 1.54) is 19.3 Å². The van der Waals surface area contributed by atoms with Crippen molar-refractivity contribution in [3.05, 3.63) is 19.3 Å². The fraction of sp³-hybridized carbons (Fsp3) is 0.833. The summed E-state index contributed by atoms with van der Waals surface area (Å²) in [6.45, 7) is 19.6. The summed E-state index contributed by atoms with van der Waals surface area (Å²) in [6.07, 6.45) is 10.3. The maximum atomic E-state index is 9.29. The molecule has 0 N–H and O–H groups in total. The van der Waals surface area contributed by atoms with Gasteiger partial charge >= 0.3 is 58.4 Å². The summed E-state index contributed by atoms with van der Waals surface area (Å²) in [5, 5.41) is 0. The molecule has 0 radical (unpaired) electrons. The van der Waals surface area contributed by atoms with Gasteiger partial charge in [0.25, 0.3) is 0 Å². The molecule has 2 nitrogen and oxygen atoms in total. The van der Waals surface area contributed by atoms with E-state index in [0.717, 1.165) is 17.8 Å². The van der Waals surface area contributed by atoms with E-state index in [2.05, 4.69) is 106 Å². The molecule has 0 saturated carbocycles. The fourth-order valence-electron chi connectivity index (χ4n) is 1.41. The third-order valence-electron chi connectivity index (χ3n) is 2.12. The zero-order valence-electron chi connectivity index (χ0n) is 18.8. The molecule has 8 heteroatoms. The third-order valence-corrected chi connectivity index (χ3v) is 2.12. The van der Waals surface area contributed by atoms with E-state index in [1.54, 1.807) is 0 Å². The van der Waals surface area contributed by atoms with Crippen LogP contribution in [-0.4, -0.2) is 0 Å². The summed E-state index contributed by atoms with van der Waals surface area (Å²) in [6, 6.07) is 0. The topological polar surface area (TPSA) is 46.1 Å². The Morgan fingerprint density at radius 1 is 0.692 bits per heavy atom. The SMILES string of the molecule is C[CH-]CC(C)C.C[CH-]CC(C)C.C[CH-]CC(C)C.[O-]P([O-])(=S)[S-].[Zn+2].[Zn+2].[Zn+2]. The van der Waals surface area contributed by atoms with Gasteiger partial charge in [-0.15, -0.1) is 0 Å². The van der Waals surface area contributed by atoms with Gasteiger partial charge in [0.05, 0.1) is 0 Å². The summed E-state index contributed by atoms with van der Waals surface area (Å²) in [4.78, 5) is 18.6. The van der Waals surface area contributed by atoms with Crippen molar-refractivity contribution in [2.45, 2.75) is 81.6 Å². The van der Waals surface area contributed by atoms with Gasteiger partial charge in [0.1, 0.15) is 0 Å². The monoisotopic (exact) mass is 574 g/mol. The van der Waals surface area contributed by atoms with Crippen LogP contribution in [0, 0.1) is 37.0 Å². The first kappa shape index (κ1) is 46.8. The summed E-state index contributed by atoms with van der Waals surface area (Å²) in [7, 11) is 0. The predicted octanol–water partition coefficient (Wildman–Crippen LogP) is 5.24. The molecule has 0 rings (SSSR count). The van der Waals surface area contributed by atoms with Crippen molar-refractivity contribution in [2.75, 3.05) is 0 Å². The predicted molar refractivity (Wildman–Crippen MR) is 110 cm³/mol. The van der Waals surface area contributed by atoms with Gasteiger partial charge in [0, 0.05) is 0 Å². The zero-order chi connectivity index (χ0) is 19.5. The standard InChI is InChI=1S/3C6H13.H3O2PS2.3Zn/c3*1-4-5-6(2)3;1-3(2,4)5;;;/h3*4,6H,5H2,1-3H3;(H3,1,2,4,5);;;/q3*-1;;3*+2/p-3. The van der Waals surface area contributed by atoms with Gasteiger partial charge in [0.15, 0.2) is 0 Å². The average Bonchev–Trinajstić information content (AvgIpc) is 2.27. The quantitative estimate of drug-likeness (QED) is 0.187. The Morgan fingerprint density at radius 3 is 0.808 bits per heavy atom. The maximum Gasteiger partial charge on any atom is 2.00 e. The normalized spacial score (nSPS) is 9.19. The zero-order valence-corrected chi connectivity index (χ0v) is 30.2. The third kappa shape index (κ3) is 128. The number of hydrogen-bond acceptors (Lipinski definition) is 4. The summed E-state index contributed by atoms with van der Waals surface area (Å²) in [5.41, 5.74) is -3.72. The summed E-state index contributed by atoms with van der Waals surface area (Å²) >= 11 is 7.28. The van der Waals surface area contributed by atoms with Gasteiger partial charge in [-0.05, 0) is 0 Å². The molecule has 0 heterocycles. The van der Waals surface area contributed by atoms with Gasteiger partial charge in [-0.25, -0.2) is 0 Å². The largest absolute Gasteiger partial charge is 2.00 e. The van der Waals surface area contributed by atoms with Crippen molar-refractivity contribution < 1.29 is 68.2 Å². The first-order valence-corrected chi connectivity index (χ1v) is 12.0. The van der Waals surface area contributed by atoms with Crippen molar-refractivity contribution in [2.24, 2.45) is 17.8 Å². The summed E-state index contributed by atoms with van der Waals surface area (Å²) in [5.74, 6) is 2.53. The molecule has 0 atom stereocenters. The molecule has 26 heavy (non-hydrogen) atoms. The van der Waals surface area contributed by atoms with Gasteiger partial charge < -0.3 is 47.0 Å². The van der Waals surface area contributed by atoms with Crippen molar-refractivity contribution >= 4 is 29.7 Å². The van der Waals surface area contributed by atoms with E-state index in [4.69, 9.17) is 0 Å². The molecular weight excluding hydrogens is 539 g/mol. The molecule has 0 aromatic heterocycles. The van der Waals surface area contributed by atoms with Crippen LogP contribution in [0.25, 0.3) is 0 Å². The van der Waals surface area contributed by atoms with Crippen LogP contribution >= 0.6 is 5.69 Å². The van der Waals surface area contributed by atoms with Crippen LogP contribution < -0.4 is 9.79 Å². The average molecular weight is 579 g/mol. The van der Waals surface area contributed by atoms with E-state index >= 15 is 0 Å². The molecule has 0 fully saturated rings. The van der Waals surface area contributed by atoms with Crippen molar-refractivity contribution in [3.63, 3.8) is 0 Å². The minimum Gasteiger partial charge on any atom is -0.850 e. The molecule has 0 aliphatic carbocycles. The van der Waals surface area contributed by atoms with Crippen molar-refractivity contribution in [3.8, 4) is 0 Å². The molecule has 0 aliphatic rings. The van der Waals surface area contributed by atoms with Crippen LogP contribution in [0.1, 0.15) is 81.6 Å². The number of rotatable bonds is 6. The Balaban J connectivity index is -0.0000000357. The minimum absolute atomic E-state index is 0. The Bertz CT molecular complexity index is 221. The second-order valence-corrected chi connectivity index (χ2v) is 11.0. The van der Waals surface area contributed by atoms with E-state index < -0.39 is 5.69 Å². The Kier molecular flexibility index (Phi) is 63.5. The molecule has 0 unspecified atom stereocenters. The van der Waals surface area contributed by atoms with Gasteiger partial charge in [-0.3, -0.25) is 0 Å². The van der Waals surface area contributed by atoms with Crippen molar-refractivity contribution in [1.82, 2.24) is 0 Å². The minimum atomic E-state index is -3.72. The first-order valence-electron chi connectivity index (χ1n) is 8.38. The van der Waals surface area contributed by atoms with Crippen LogP contribution in [-0.2, 0) is 82.5 Å². The smallest absolute Gasteiger partial charge is 0.850 e. The second-order valence-electron chi connectivity index (χ2n) is 6.56. The molecule has 0 aliphatic heterocycles. The fourth-order valence-corrected chi connectivity index (χ4v) is 1.41. The van der Waals surface area contributed by atoms with E-state index in [-0.39, 0.29) is 58.4 Å². The van der Waals surface area contributed by atoms with Crippen LogP contribution in [0.5, 0.6) is 0 Å². The van der Waals surface area contributed by atoms with E-state index in [9.17, 15) is 9.79 Å². The van der Waals surface area contributed by atoms with Gasteiger partial charge in [-0.1, -0.05) is 59.3 Å². The van der Waals surface area contributed by atoms with Crippen LogP contribution in [0.4, 0.5) is 0 Å². The summed E-state index contributed by atoms with van der Waals surface area (Å²) < 4.78 is 0. The van der Waals surface area contributed by atoms with E-state index in [1.807, 2.05) is 0 Å². The Hall–Kier alpha value is 2.79. The molecule has 0 saturated heterocycles. The molecule has 0 amide bonds. The maximum absolute atomic E-state index is 9.29. The molecule has 0 aromatic rings. The Labute approximate surface area is 214 Å². The molecular formula is C18H39O2PS2Zn3.